The number of hydrogen-bond donors (Lipinski definition) is 2. The molecular weight excluding hydrogens is 370 g/mol. The van der Waals surface area contributed by atoms with E-state index >= 15 is 0 Å². The van der Waals surface area contributed by atoms with Gasteiger partial charge in [0, 0.05) is 37.8 Å². The predicted octanol–water partition coefficient (Wildman–Crippen LogP) is 2.55. The minimum absolute atomic E-state index is 0. The molecule has 0 atom stereocenters. The molecule has 0 unspecified atom stereocenters. The van der Waals surface area contributed by atoms with Crippen molar-refractivity contribution in [3.63, 3.8) is 0 Å². The lowest BCUT2D eigenvalue weighted by molar-refractivity contribution is -0.130. The molecule has 2 heterocycles. The van der Waals surface area contributed by atoms with E-state index in [1.807, 2.05) is 0 Å². The van der Waals surface area contributed by atoms with Crippen molar-refractivity contribution >= 4 is 36.4 Å². The third-order valence-corrected chi connectivity index (χ3v) is 4.31. The van der Waals surface area contributed by atoms with Crippen molar-refractivity contribution in [1.82, 2.24) is 9.55 Å². The summed E-state index contributed by atoms with van der Waals surface area (Å²) in [5.74, 6) is -0.618. The molecule has 1 fully saturated rings. The number of ether oxygens (including phenoxy) is 1. The van der Waals surface area contributed by atoms with Gasteiger partial charge in [-0.2, -0.15) is 0 Å². The molecule has 0 saturated carbocycles. The largest absolute Gasteiger partial charge is 0.381 e. The maximum Gasteiger partial charge on any atom is 0.232 e. The van der Waals surface area contributed by atoms with Crippen LogP contribution in [0.25, 0.3) is 5.69 Å². The number of nitrogens with one attached hydrogen (secondary N) is 1. The molecule has 2 aromatic rings. The first kappa shape index (κ1) is 21.4. The summed E-state index contributed by atoms with van der Waals surface area (Å²) in [6.07, 6.45) is 5.89. The van der Waals surface area contributed by atoms with Crippen LogP contribution in [0.15, 0.2) is 36.9 Å². The molecule has 0 aliphatic carbocycles. The van der Waals surface area contributed by atoms with Crippen molar-refractivity contribution in [2.75, 3.05) is 25.1 Å². The molecule has 0 spiro atoms. The quantitative estimate of drug-likeness (QED) is 0.840. The highest BCUT2D eigenvalue weighted by Gasteiger charge is 2.38. The topological polar surface area (TPSA) is 82.2 Å². The Morgan fingerprint density at radius 1 is 1.36 bits per heavy atom. The van der Waals surface area contributed by atoms with Gasteiger partial charge in [-0.15, -0.1) is 24.8 Å². The molecule has 1 aliphatic heterocycles. The molecule has 1 aromatic heterocycles. The molecule has 9 heteroatoms. The number of aromatic nitrogens is 2. The summed E-state index contributed by atoms with van der Waals surface area (Å²) in [7, 11) is 0. The molecule has 25 heavy (non-hydrogen) atoms. The average molecular weight is 391 g/mol. The van der Waals surface area contributed by atoms with E-state index in [0.717, 1.165) is 0 Å². The van der Waals surface area contributed by atoms with Crippen LogP contribution in [0.1, 0.15) is 12.8 Å². The van der Waals surface area contributed by atoms with E-state index in [1.165, 1.54) is 12.4 Å². The molecule has 1 saturated heterocycles. The Balaban J connectivity index is 0.00000156. The van der Waals surface area contributed by atoms with Gasteiger partial charge in [-0.05, 0) is 31.0 Å². The van der Waals surface area contributed by atoms with E-state index in [2.05, 4.69) is 10.3 Å². The SMILES string of the molecule is Cl.Cl.NCC1(C(=O)Nc2ccc(-n3ccnc3)c(F)c2)CCOCC1. The summed E-state index contributed by atoms with van der Waals surface area (Å²) in [6, 6.07) is 4.57. The number of hydrogen-bond acceptors (Lipinski definition) is 4. The first-order valence-corrected chi connectivity index (χ1v) is 7.52. The van der Waals surface area contributed by atoms with Gasteiger partial charge in [-0.1, -0.05) is 0 Å². The molecule has 3 rings (SSSR count). The van der Waals surface area contributed by atoms with Gasteiger partial charge in [-0.25, -0.2) is 9.37 Å². The van der Waals surface area contributed by atoms with Crippen LogP contribution in [0.5, 0.6) is 0 Å². The van der Waals surface area contributed by atoms with Gasteiger partial charge in [0.25, 0.3) is 0 Å². The van der Waals surface area contributed by atoms with E-state index in [9.17, 15) is 9.18 Å². The lowest BCUT2D eigenvalue weighted by Crippen LogP contribution is -2.46. The Morgan fingerprint density at radius 3 is 2.64 bits per heavy atom. The number of halogens is 3. The normalized spacial score (nSPS) is 15.6. The van der Waals surface area contributed by atoms with Crippen LogP contribution in [-0.2, 0) is 9.53 Å². The Hall–Kier alpha value is -1.67. The number of anilines is 1. The van der Waals surface area contributed by atoms with Gasteiger partial charge in [-0.3, -0.25) is 4.79 Å². The number of carbonyl (C=O) groups is 1. The second-order valence-electron chi connectivity index (χ2n) is 5.69. The third-order valence-electron chi connectivity index (χ3n) is 4.31. The highest BCUT2D eigenvalue weighted by molar-refractivity contribution is 5.95. The van der Waals surface area contributed by atoms with Crippen molar-refractivity contribution in [1.29, 1.82) is 0 Å². The Kier molecular flexibility index (Phi) is 7.82. The first-order valence-electron chi connectivity index (χ1n) is 7.52. The van der Waals surface area contributed by atoms with Crippen LogP contribution in [0.4, 0.5) is 10.1 Å². The van der Waals surface area contributed by atoms with Gasteiger partial charge < -0.3 is 20.4 Å². The molecule has 138 valence electrons. The fraction of sp³-hybridized carbons (Fsp3) is 0.375. The van der Waals surface area contributed by atoms with Gasteiger partial charge in [0.1, 0.15) is 5.82 Å². The van der Waals surface area contributed by atoms with E-state index in [4.69, 9.17) is 10.5 Å². The number of benzene rings is 1. The smallest absolute Gasteiger partial charge is 0.232 e. The second kappa shape index (κ2) is 9.15. The maximum atomic E-state index is 14.2. The molecular formula is C16H21Cl2FN4O2. The zero-order chi connectivity index (χ0) is 16.3. The number of nitrogens with two attached hydrogens (primary N) is 1. The standard InChI is InChI=1S/C16H19FN4O2.2ClH/c17-13-9-12(1-2-14(13)21-6-5-19-11-21)20-15(22)16(10-18)3-7-23-8-4-16;;/h1-2,5-6,9,11H,3-4,7-8,10,18H2,(H,20,22);2*1H. The van der Waals surface area contributed by atoms with Crippen molar-refractivity contribution in [3.05, 3.63) is 42.7 Å². The van der Waals surface area contributed by atoms with Gasteiger partial charge >= 0.3 is 0 Å². The Bertz CT molecular complexity index is 691. The van der Waals surface area contributed by atoms with E-state index in [1.54, 1.807) is 29.1 Å². The molecule has 0 bridgehead atoms. The van der Waals surface area contributed by atoms with Crippen molar-refractivity contribution in [2.45, 2.75) is 12.8 Å². The highest BCUT2D eigenvalue weighted by Crippen LogP contribution is 2.31. The van der Waals surface area contributed by atoms with Crippen LogP contribution in [0.3, 0.4) is 0 Å². The predicted molar refractivity (Wildman–Crippen MR) is 98.2 cm³/mol. The van der Waals surface area contributed by atoms with Crippen molar-refractivity contribution in [3.8, 4) is 5.69 Å². The summed E-state index contributed by atoms with van der Waals surface area (Å²) in [5, 5.41) is 2.78. The Morgan fingerprint density at radius 2 is 2.08 bits per heavy atom. The van der Waals surface area contributed by atoms with Crippen molar-refractivity contribution < 1.29 is 13.9 Å². The fourth-order valence-electron chi connectivity index (χ4n) is 2.75. The number of imidazole rings is 1. The summed E-state index contributed by atoms with van der Waals surface area (Å²) >= 11 is 0. The Labute approximate surface area is 157 Å². The summed E-state index contributed by atoms with van der Waals surface area (Å²) in [4.78, 5) is 16.5. The van der Waals surface area contributed by atoms with Crippen LogP contribution >= 0.6 is 24.8 Å². The summed E-state index contributed by atoms with van der Waals surface area (Å²) in [5.41, 5.74) is 5.96. The van der Waals surface area contributed by atoms with E-state index in [-0.39, 0.29) is 37.3 Å². The zero-order valence-corrected chi connectivity index (χ0v) is 15.1. The van der Waals surface area contributed by atoms with Gasteiger partial charge in [0.15, 0.2) is 0 Å². The molecule has 3 N–H and O–H groups in total. The minimum atomic E-state index is -0.641. The molecule has 1 amide bonds. The first-order chi connectivity index (χ1) is 11.1. The summed E-state index contributed by atoms with van der Waals surface area (Å²) < 4.78 is 21.1. The second-order valence-corrected chi connectivity index (χ2v) is 5.69. The van der Waals surface area contributed by atoms with Gasteiger partial charge in [0.05, 0.1) is 17.4 Å². The number of nitrogens with zero attached hydrogens (tertiary/aromatic N) is 2. The monoisotopic (exact) mass is 390 g/mol. The van der Waals surface area contributed by atoms with E-state index in [0.29, 0.717) is 37.4 Å². The number of carbonyl (C=O) groups excluding carboxylic acids is 1. The van der Waals surface area contributed by atoms with Crippen LogP contribution < -0.4 is 11.1 Å². The molecule has 0 radical (unpaired) electrons. The molecule has 6 nitrogen and oxygen atoms in total. The third kappa shape index (κ3) is 4.49. The number of rotatable bonds is 4. The minimum Gasteiger partial charge on any atom is -0.381 e. The maximum absolute atomic E-state index is 14.2. The highest BCUT2D eigenvalue weighted by atomic mass is 35.5. The van der Waals surface area contributed by atoms with Crippen LogP contribution in [-0.4, -0.2) is 35.2 Å². The zero-order valence-electron chi connectivity index (χ0n) is 13.5. The number of amides is 1. The van der Waals surface area contributed by atoms with Gasteiger partial charge in [0.2, 0.25) is 5.91 Å². The van der Waals surface area contributed by atoms with E-state index < -0.39 is 11.2 Å². The molecule has 1 aromatic carbocycles. The van der Waals surface area contributed by atoms with Crippen LogP contribution in [0.2, 0.25) is 0 Å². The van der Waals surface area contributed by atoms with Crippen molar-refractivity contribution in [2.24, 2.45) is 11.1 Å². The average Bonchev–Trinajstić information content (AvgIpc) is 3.09. The lowest BCUT2D eigenvalue weighted by Gasteiger charge is -2.34. The van der Waals surface area contributed by atoms with Crippen LogP contribution in [0, 0.1) is 11.2 Å². The lowest BCUT2D eigenvalue weighted by atomic mass is 9.79. The molecule has 1 aliphatic rings. The fourth-order valence-corrected chi connectivity index (χ4v) is 2.75. The summed E-state index contributed by atoms with van der Waals surface area (Å²) in [6.45, 7) is 1.27.